The summed E-state index contributed by atoms with van der Waals surface area (Å²) >= 11 is 1.80. The molecule has 2 aromatic rings. The number of fused-ring (bicyclic) bond motifs is 3. The van der Waals surface area contributed by atoms with E-state index in [0.717, 1.165) is 29.4 Å². The minimum Gasteiger partial charge on any atom is -0.356 e. The van der Waals surface area contributed by atoms with Gasteiger partial charge < -0.3 is 10.2 Å². The van der Waals surface area contributed by atoms with Crippen molar-refractivity contribution in [3.63, 3.8) is 0 Å². The third kappa shape index (κ3) is 2.31. The van der Waals surface area contributed by atoms with Gasteiger partial charge in [0.15, 0.2) is 0 Å². The number of hydrogen-bond donors (Lipinski definition) is 2. The summed E-state index contributed by atoms with van der Waals surface area (Å²) in [5, 5.41) is 6.40. The number of urea groups is 1. The molecule has 1 spiro atoms. The Hall–Kier alpha value is -2.22. The van der Waals surface area contributed by atoms with E-state index in [1.54, 1.807) is 17.7 Å². The predicted molar refractivity (Wildman–Crippen MR) is 99.5 cm³/mol. The van der Waals surface area contributed by atoms with E-state index in [1.165, 1.54) is 22.2 Å². The molecular weight excluding hydrogens is 350 g/mol. The Morgan fingerprint density at radius 1 is 1.27 bits per heavy atom. The zero-order valence-corrected chi connectivity index (χ0v) is 15.5. The molecule has 3 aliphatic rings. The van der Waals surface area contributed by atoms with Crippen LogP contribution < -0.4 is 15.5 Å². The second-order valence-corrected chi connectivity index (χ2v) is 8.79. The summed E-state index contributed by atoms with van der Waals surface area (Å²) in [5.74, 6) is 1.52. The Morgan fingerprint density at radius 2 is 2.08 bits per heavy atom. The molecule has 8 heteroatoms. The van der Waals surface area contributed by atoms with Crippen LogP contribution >= 0.6 is 11.3 Å². The number of hydrogen-bond acceptors (Lipinski definition) is 6. The zero-order chi connectivity index (χ0) is 17.9. The van der Waals surface area contributed by atoms with E-state index < -0.39 is 5.54 Å². The monoisotopic (exact) mass is 371 g/mol. The van der Waals surface area contributed by atoms with E-state index >= 15 is 0 Å². The van der Waals surface area contributed by atoms with Gasteiger partial charge >= 0.3 is 6.03 Å². The highest BCUT2D eigenvalue weighted by atomic mass is 32.1. The van der Waals surface area contributed by atoms with Crippen LogP contribution in [0, 0.1) is 5.92 Å². The van der Waals surface area contributed by atoms with Crippen LogP contribution in [0.15, 0.2) is 6.33 Å². The molecule has 0 unspecified atom stereocenters. The number of piperidine rings is 1. The number of carbonyl (C=O) groups excluding carboxylic acids is 2. The van der Waals surface area contributed by atoms with Gasteiger partial charge in [-0.05, 0) is 43.6 Å². The normalized spacial score (nSPS) is 24.7. The van der Waals surface area contributed by atoms with Gasteiger partial charge in [-0.1, -0.05) is 6.92 Å². The van der Waals surface area contributed by atoms with Gasteiger partial charge in [-0.25, -0.2) is 14.8 Å². The first-order valence-corrected chi connectivity index (χ1v) is 10.0. The van der Waals surface area contributed by atoms with Crippen molar-refractivity contribution in [3.8, 4) is 0 Å². The number of amides is 3. The SMILES string of the molecule is C[C@H]1CCc2c(sc3ncnc(N4CCC5(CC4)NC(=O)NC5=O)c23)C1. The van der Waals surface area contributed by atoms with Crippen molar-refractivity contribution in [1.82, 2.24) is 20.6 Å². The third-order valence-corrected chi connectivity index (χ3v) is 7.17. The van der Waals surface area contributed by atoms with Gasteiger partial charge in [-0.15, -0.1) is 11.3 Å². The number of thiophene rings is 1. The maximum absolute atomic E-state index is 12.2. The summed E-state index contributed by atoms with van der Waals surface area (Å²) in [5.41, 5.74) is 0.675. The fourth-order valence-electron chi connectivity index (χ4n) is 4.48. The molecule has 2 aliphatic heterocycles. The van der Waals surface area contributed by atoms with Gasteiger partial charge in [0.05, 0.1) is 5.39 Å². The van der Waals surface area contributed by atoms with Crippen molar-refractivity contribution < 1.29 is 9.59 Å². The molecule has 136 valence electrons. The molecule has 5 rings (SSSR count). The van der Waals surface area contributed by atoms with Gasteiger partial charge in [0.2, 0.25) is 0 Å². The van der Waals surface area contributed by atoms with E-state index in [1.807, 2.05) is 0 Å². The molecule has 2 saturated heterocycles. The molecule has 4 heterocycles. The van der Waals surface area contributed by atoms with Crippen molar-refractivity contribution in [1.29, 1.82) is 0 Å². The second kappa shape index (κ2) is 5.64. The largest absolute Gasteiger partial charge is 0.356 e. The summed E-state index contributed by atoms with van der Waals surface area (Å²) in [4.78, 5) is 37.6. The number of aromatic nitrogens is 2. The standard InChI is InChI=1S/C18H21N5O2S/c1-10-2-3-11-12(8-10)26-15-13(11)14(19-9-20-15)23-6-4-18(5-7-23)16(24)21-17(25)22-18/h9-10H,2-8H2,1H3,(H2,21,22,24,25)/t10-/m0/s1. The lowest BCUT2D eigenvalue weighted by Gasteiger charge is -2.37. The summed E-state index contributed by atoms with van der Waals surface area (Å²) < 4.78 is 0. The van der Waals surface area contributed by atoms with Crippen molar-refractivity contribution in [2.24, 2.45) is 5.92 Å². The van der Waals surface area contributed by atoms with E-state index in [9.17, 15) is 9.59 Å². The van der Waals surface area contributed by atoms with Gasteiger partial charge in [0.25, 0.3) is 5.91 Å². The van der Waals surface area contributed by atoms with Crippen LogP contribution in [0.1, 0.15) is 36.6 Å². The van der Waals surface area contributed by atoms with Crippen LogP contribution in [0.2, 0.25) is 0 Å². The number of imide groups is 1. The molecule has 26 heavy (non-hydrogen) atoms. The predicted octanol–water partition coefficient (Wildman–Crippen LogP) is 1.99. The smallest absolute Gasteiger partial charge is 0.322 e. The maximum Gasteiger partial charge on any atom is 0.322 e. The first kappa shape index (κ1) is 16.0. The van der Waals surface area contributed by atoms with E-state index in [2.05, 4.69) is 32.4 Å². The van der Waals surface area contributed by atoms with Gasteiger partial charge in [0, 0.05) is 18.0 Å². The average Bonchev–Trinajstić information content (AvgIpc) is 3.12. The summed E-state index contributed by atoms with van der Waals surface area (Å²) in [6.45, 7) is 3.70. The number of nitrogens with zero attached hydrogens (tertiary/aromatic N) is 3. The number of carbonyl (C=O) groups is 2. The molecular formula is C18H21N5O2S. The van der Waals surface area contributed by atoms with Crippen LogP contribution in [0.4, 0.5) is 10.6 Å². The molecule has 3 amide bonds. The van der Waals surface area contributed by atoms with Crippen molar-refractivity contribution in [2.75, 3.05) is 18.0 Å². The Bertz CT molecular complexity index is 916. The van der Waals surface area contributed by atoms with E-state index in [-0.39, 0.29) is 11.9 Å². The minimum absolute atomic E-state index is 0.197. The molecule has 1 atom stereocenters. The Labute approximate surface area is 155 Å². The second-order valence-electron chi connectivity index (χ2n) is 7.71. The lowest BCUT2D eigenvalue weighted by molar-refractivity contribution is -0.124. The molecule has 0 bridgehead atoms. The van der Waals surface area contributed by atoms with Crippen molar-refractivity contribution >= 4 is 39.3 Å². The summed E-state index contributed by atoms with van der Waals surface area (Å²) in [6, 6.07) is -0.381. The highest BCUT2D eigenvalue weighted by Crippen LogP contribution is 2.41. The Balaban J connectivity index is 1.47. The molecule has 0 aromatic carbocycles. The van der Waals surface area contributed by atoms with Crippen LogP contribution in [-0.4, -0.2) is 40.5 Å². The molecule has 0 radical (unpaired) electrons. The number of rotatable bonds is 1. The fourth-order valence-corrected chi connectivity index (χ4v) is 5.82. The fraction of sp³-hybridized carbons (Fsp3) is 0.556. The highest BCUT2D eigenvalue weighted by molar-refractivity contribution is 7.19. The quantitative estimate of drug-likeness (QED) is 0.749. The maximum atomic E-state index is 12.2. The van der Waals surface area contributed by atoms with Crippen LogP contribution in [0.5, 0.6) is 0 Å². The van der Waals surface area contributed by atoms with Gasteiger partial charge in [-0.3, -0.25) is 10.1 Å². The lowest BCUT2D eigenvalue weighted by atomic mass is 9.87. The molecule has 0 saturated carbocycles. The summed E-state index contributed by atoms with van der Waals surface area (Å²) in [6.07, 6.45) is 6.27. The third-order valence-electron chi connectivity index (χ3n) is 6.00. The first-order valence-electron chi connectivity index (χ1n) is 9.19. The molecule has 2 fully saturated rings. The van der Waals surface area contributed by atoms with Crippen molar-refractivity contribution in [2.45, 2.75) is 44.6 Å². The Kier molecular flexibility index (Phi) is 3.47. The zero-order valence-electron chi connectivity index (χ0n) is 14.7. The average molecular weight is 371 g/mol. The van der Waals surface area contributed by atoms with E-state index in [4.69, 9.17) is 0 Å². The minimum atomic E-state index is -0.747. The van der Waals surface area contributed by atoms with Crippen LogP contribution in [0.3, 0.4) is 0 Å². The topological polar surface area (TPSA) is 87.2 Å². The lowest BCUT2D eigenvalue weighted by Crippen LogP contribution is -2.55. The molecule has 7 nitrogen and oxygen atoms in total. The van der Waals surface area contributed by atoms with Crippen LogP contribution in [-0.2, 0) is 17.6 Å². The van der Waals surface area contributed by atoms with E-state index in [0.29, 0.717) is 25.9 Å². The van der Waals surface area contributed by atoms with Gasteiger partial charge in [0.1, 0.15) is 22.5 Å². The van der Waals surface area contributed by atoms with Crippen LogP contribution in [0.25, 0.3) is 10.2 Å². The molecule has 1 aliphatic carbocycles. The summed E-state index contributed by atoms with van der Waals surface area (Å²) in [7, 11) is 0. The molecule has 2 N–H and O–H groups in total. The number of aryl methyl sites for hydroxylation is 1. The number of anilines is 1. The Morgan fingerprint density at radius 3 is 2.81 bits per heavy atom. The first-order chi connectivity index (χ1) is 12.6. The van der Waals surface area contributed by atoms with Gasteiger partial charge in [-0.2, -0.15) is 0 Å². The number of nitrogens with one attached hydrogen (secondary N) is 2. The molecule has 2 aromatic heterocycles. The van der Waals surface area contributed by atoms with Crippen molar-refractivity contribution in [3.05, 3.63) is 16.8 Å². The highest BCUT2D eigenvalue weighted by Gasteiger charge is 2.48.